The first-order chi connectivity index (χ1) is 15.8. The number of rotatable bonds is 8. The number of aliphatic hydroxyl groups excluding tert-OH is 1. The fourth-order valence-electron chi connectivity index (χ4n) is 3.85. The monoisotopic (exact) mass is 444 g/mol. The van der Waals surface area contributed by atoms with Gasteiger partial charge in [-0.05, 0) is 42.5 Å². The lowest BCUT2D eigenvalue weighted by Gasteiger charge is -2.42. The van der Waals surface area contributed by atoms with Gasteiger partial charge in [-0.3, -0.25) is 0 Å². The molecular formula is C29H36N2O2. The van der Waals surface area contributed by atoms with Crippen LogP contribution in [-0.2, 0) is 10.2 Å². The normalized spacial score (nSPS) is 13.5. The predicted molar refractivity (Wildman–Crippen MR) is 137 cm³/mol. The molecule has 3 rings (SSSR count). The van der Waals surface area contributed by atoms with Gasteiger partial charge in [0.25, 0.3) is 6.02 Å². The molecule has 0 radical (unpaired) electrons. The van der Waals surface area contributed by atoms with Gasteiger partial charge in [0.15, 0.2) is 0 Å². The van der Waals surface area contributed by atoms with Crippen molar-refractivity contribution in [2.45, 2.75) is 51.2 Å². The molecule has 0 aromatic heterocycles. The summed E-state index contributed by atoms with van der Waals surface area (Å²) in [5, 5.41) is 13.0. The molecule has 0 fully saturated rings. The molecule has 0 unspecified atom stereocenters. The maximum Gasteiger partial charge on any atom is 0.285 e. The van der Waals surface area contributed by atoms with Crippen LogP contribution < -0.4 is 5.32 Å². The van der Waals surface area contributed by atoms with Crippen LogP contribution in [0.4, 0.5) is 0 Å². The molecule has 0 aliphatic carbocycles. The Bertz CT molecular complexity index is 1030. The van der Waals surface area contributed by atoms with Crippen LogP contribution in [0.2, 0.25) is 0 Å². The molecule has 1 atom stereocenters. The van der Waals surface area contributed by atoms with Gasteiger partial charge in [-0.15, -0.1) is 0 Å². The second kappa shape index (κ2) is 10.7. The Kier molecular flexibility index (Phi) is 7.93. The van der Waals surface area contributed by atoms with Crippen molar-refractivity contribution >= 4 is 6.02 Å². The molecule has 3 aromatic rings. The van der Waals surface area contributed by atoms with Crippen LogP contribution in [0.5, 0.6) is 0 Å². The van der Waals surface area contributed by atoms with Gasteiger partial charge in [-0.25, -0.2) is 4.99 Å². The van der Waals surface area contributed by atoms with E-state index in [2.05, 4.69) is 86.5 Å². The zero-order chi connectivity index (χ0) is 23.9. The first-order valence-corrected chi connectivity index (χ1v) is 11.5. The molecular weight excluding hydrogens is 408 g/mol. The van der Waals surface area contributed by atoms with E-state index in [0.717, 1.165) is 5.56 Å². The fraction of sp³-hybridized carbons (Fsp3) is 0.345. The molecule has 4 heteroatoms. The first kappa shape index (κ1) is 24.5. The van der Waals surface area contributed by atoms with E-state index in [9.17, 15) is 5.11 Å². The standard InChI is InChI=1S/C29H36N2O2/c1-28(2,25-18-16-23(17-19-25)22-12-8-6-9-13-22)29(3,4)33-27(30-5)31-26(20-21-32)24-14-10-7-11-15-24/h6-19,26,32H,20-21H2,1-5H3,(H,30,31)/t26-/m0/s1. The molecule has 4 nitrogen and oxygen atoms in total. The van der Waals surface area contributed by atoms with Crippen molar-refractivity contribution in [2.75, 3.05) is 13.7 Å². The first-order valence-electron chi connectivity index (χ1n) is 11.5. The molecule has 0 saturated carbocycles. The van der Waals surface area contributed by atoms with Crippen LogP contribution >= 0.6 is 0 Å². The SMILES string of the molecule is CN=C(N[C@@H](CCO)c1ccccc1)OC(C)(C)C(C)(C)c1ccc(-c2ccccc2)cc1. The van der Waals surface area contributed by atoms with Gasteiger partial charge in [-0.2, -0.15) is 0 Å². The molecule has 174 valence electrons. The van der Waals surface area contributed by atoms with Crippen LogP contribution in [-0.4, -0.2) is 30.4 Å². The summed E-state index contributed by atoms with van der Waals surface area (Å²) in [4.78, 5) is 4.38. The maximum absolute atomic E-state index is 9.58. The second-order valence-corrected chi connectivity index (χ2v) is 9.33. The van der Waals surface area contributed by atoms with E-state index >= 15 is 0 Å². The highest BCUT2D eigenvalue weighted by molar-refractivity contribution is 5.74. The minimum absolute atomic E-state index is 0.0756. The Morgan fingerprint density at radius 1 is 0.848 bits per heavy atom. The van der Waals surface area contributed by atoms with E-state index in [1.54, 1.807) is 7.05 Å². The topological polar surface area (TPSA) is 53.9 Å². The van der Waals surface area contributed by atoms with Crippen LogP contribution in [0.15, 0.2) is 89.9 Å². The summed E-state index contributed by atoms with van der Waals surface area (Å²) in [5.41, 5.74) is 3.84. The Morgan fingerprint density at radius 3 is 1.94 bits per heavy atom. The Hall–Kier alpha value is -3.11. The average molecular weight is 445 g/mol. The molecule has 0 amide bonds. The number of hydrogen-bond acceptors (Lipinski definition) is 3. The number of nitrogens with one attached hydrogen (secondary N) is 1. The van der Waals surface area contributed by atoms with Gasteiger partial charge in [0.2, 0.25) is 0 Å². The van der Waals surface area contributed by atoms with Gasteiger partial charge < -0.3 is 15.2 Å². The highest BCUT2D eigenvalue weighted by Gasteiger charge is 2.41. The Morgan fingerprint density at radius 2 is 1.39 bits per heavy atom. The van der Waals surface area contributed by atoms with E-state index < -0.39 is 5.60 Å². The lowest BCUT2D eigenvalue weighted by atomic mass is 9.71. The van der Waals surface area contributed by atoms with Crippen molar-refractivity contribution in [3.05, 3.63) is 96.1 Å². The third-order valence-electron chi connectivity index (χ3n) is 6.69. The number of amidine groups is 1. The van der Waals surface area contributed by atoms with Crippen molar-refractivity contribution < 1.29 is 9.84 Å². The van der Waals surface area contributed by atoms with Crippen LogP contribution in [0.1, 0.15) is 51.3 Å². The van der Waals surface area contributed by atoms with Crippen molar-refractivity contribution in [1.29, 1.82) is 0 Å². The smallest absolute Gasteiger partial charge is 0.285 e. The molecule has 33 heavy (non-hydrogen) atoms. The van der Waals surface area contributed by atoms with Crippen LogP contribution in [0.25, 0.3) is 11.1 Å². The van der Waals surface area contributed by atoms with Crippen molar-refractivity contribution in [3.8, 4) is 11.1 Å². The molecule has 0 aliphatic rings. The minimum atomic E-state index is -0.552. The fourth-order valence-corrected chi connectivity index (χ4v) is 3.85. The highest BCUT2D eigenvalue weighted by atomic mass is 16.5. The number of ether oxygens (including phenoxy) is 1. The number of aliphatic imine (C=N–C) groups is 1. The molecule has 3 aromatic carbocycles. The predicted octanol–water partition coefficient (Wildman–Crippen LogP) is 6.13. The van der Waals surface area contributed by atoms with E-state index in [1.165, 1.54) is 16.7 Å². The number of aliphatic hydroxyl groups is 1. The maximum atomic E-state index is 9.58. The van der Waals surface area contributed by atoms with Gasteiger partial charge >= 0.3 is 0 Å². The van der Waals surface area contributed by atoms with Crippen molar-refractivity contribution in [3.63, 3.8) is 0 Å². The van der Waals surface area contributed by atoms with Gasteiger partial charge in [0, 0.05) is 19.1 Å². The van der Waals surface area contributed by atoms with Gasteiger partial charge in [0.05, 0.1) is 6.04 Å². The van der Waals surface area contributed by atoms with E-state index in [1.807, 2.05) is 36.4 Å². The van der Waals surface area contributed by atoms with Gasteiger partial charge in [-0.1, -0.05) is 98.8 Å². The average Bonchev–Trinajstić information content (AvgIpc) is 2.84. The number of benzene rings is 3. The lowest BCUT2D eigenvalue weighted by molar-refractivity contribution is 0.0173. The summed E-state index contributed by atoms with van der Waals surface area (Å²) >= 11 is 0. The Balaban J connectivity index is 1.78. The van der Waals surface area contributed by atoms with Crippen molar-refractivity contribution in [2.24, 2.45) is 4.99 Å². The number of nitrogens with zero attached hydrogens (tertiary/aromatic N) is 1. The summed E-state index contributed by atoms with van der Waals surface area (Å²) < 4.78 is 6.48. The summed E-state index contributed by atoms with van der Waals surface area (Å²) in [6.07, 6.45) is 0.567. The second-order valence-electron chi connectivity index (χ2n) is 9.33. The summed E-state index contributed by atoms with van der Waals surface area (Å²) in [5.74, 6) is 0. The van der Waals surface area contributed by atoms with E-state index in [0.29, 0.717) is 12.4 Å². The third-order valence-corrected chi connectivity index (χ3v) is 6.69. The van der Waals surface area contributed by atoms with Crippen LogP contribution in [0.3, 0.4) is 0 Å². The molecule has 0 saturated heterocycles. The molecule has 0 aliphatic heterocycles. The quantitative estimate of drug-likeness (QED) is 0.325. The lowest BCUT2D eigenvalue weighted by Crippen LogP contribution is -2.49. The zero-order valence-corrected chi connectivity index (χ0v) is 20.4. The Labute approximate surface area is 198 Å². The molecule has 2 N–H and O–H groups in total. The van der Waals surface area contributed by atoms with Gasteiger partial charge in [0.1, 0.15) is 5.60 Å². The third kappa shape index (κ3) is 5.82. The number of hydrogen-bond donors (Lipinski definition) is 2. The minimum Gasteiger partial charge on any atom is -0.458 e. The van der Waals surface area contributed by atoms with E-state index in [-0.39, 0.29) is 18.1 Å². The summed E-state index contributed by atoms with van der Waals surface area (Å²) in [6.45, 7) is 8.65. The molecule has 0 spiro atoms. The molecule has 0 bridgehead atoms. The highest BCUT2D eigenvalue weighted by Crippen LogP contribution is 2.38. The van der Waals surface area contributed by atoms with Crippen molar-refractivity contribution in [1.82, 2.24) is 5.32 Å². The largest absolute Gasteiger partial charge is 0.458 e. The zero-order valence-electron chi connectivity index (χ0n) is 20.4. The summed E-state index contributed by atoms with van der Waals surface area (Å²) in [6, 6.07) is 29.6. The van der Waals surface area contributed by atoms with Crippen LogP contribution in [0, 0.1) is 0 Å². The summed E-state index contributed by atoms with van der Waals surface area (Å²) in [7, 11) is 1.72. The van der Waals surface area contributed by atoms with E-state index in [4.69, 9.17) is 4.74 Å². The molecule has 0 heterocycles.